The smallest absolute Gasteiger partial charge is 0.265 e. The van der Waals surface area contributed by atoms with Crippen LogP contribution in [0.25, 0.3) is 0 Å². The highest BCUT2D eigenvalue weighted by Gasteiger charge is 2.13. The molecule has 2 amide bonds. The summed E-state index contributed by atoms with van der Waals surface area (Å²) in [6.45, 7) is 3.98. The predicted molar refractivity (Wildman–Crippen MR) is 106 cm³/mol. The molecule has 2 N–H and O–H groups in total. The Morgan fingerprint density at radius 1 is 0.962 bits per heavy atom. The van der Waals surface area contributed by atoms with Crippen LogP contribution >= 0.6 is 11.3 Å². The van der Waals surface area contributed by atoms with Gasteiger partial charge in [0.1, 0.15) is 0 Å². The maximum atomic E-state index is 12.5. The number of anilines is 1. The minimum absolute atomic E-state index is 0.104. The lowest BCUT2D eigenvalue weighted by atomic mass is 10.1. The van der Waals surface area contributed by atoms with Gasteiger partial charge < -0.3 is 10.6 Å². The first-order valence-electron chi connectivity index (χ1n) is 8.35. The van der Waals surface area contributed by atoms with Crippen LogP contribution in [0, 0.1) is 6.92 Å². The lowest BCUT2D eigenvalue weighted by Gasteiger charge is -2.15. The van der Waals surface area contributed by atoms with Crippen molar-refractivity contribution in [3.8, 4) is 0 Å². The molecule has 3 aromatic rings. The molecule has 1 aromatic heterocycles. The molecule has 1 atom stereocenters. The van der Waals surface area contributed by atoms with Gasteiger partial charge in [-0.05, 0) is 49.1 Å². The van der Waals surface area contributed by atoms with Gasteiger partial charge in [-0.15, -0.1) is 11.3 Å². The van der Waals surface area contributed by atoms with Crippen molar-refractivity contribution >= 4 is 28.8 Å². The van der Waals surface area contributed by atoms with Crippen molar-refractivity contribution < 1.29 is 9.59 Å². The van der Waals surface area contributed by atoms with E-state index < -0.39 is 0 Å². The second kappa shape index (κ2) is 7.97. The maximum Gasteiger partial charge on any atom is 0.265 e. The fourth-order valence-corrected chi connectivity index (χ4v) is 3.18. The van der Waals surface area contributed by atoms with Gasteiger partial charge in [0.15, 0.2) is 0 Å². The van der Waals surface area contributed by atoms with Gasteiger partial charge in [0.25, 0.3) is 11.8 Å². The van der Waals surface area contributed by atoms with Crippen molar-refractivity contribution in [3.63, 3.8) is 0 Å². The van der Waals surface area contributed by atoms with E-state index in [1.807, 2.05) is 49.6 Å². The number of carbonyl (C=O) groups excluding carboxylic acids is 2. The Labute approximate surface area is 156 Å². The molecule has 132 valence electrons. The molecule has 0 aliphatic rings. The third-order valence-corrected chi connectivity index (χ3v) is 4.92. The molecule has 26 heavy (non-hydrogen) atoms. The maximum absolute atomic E-state index is 12.5. The Morgan fingerprint density at radius 2 is 1.73 bits per heavy atom. The molecule has 0 saturated carbocycles. The topological polar surface area (TPSA) is 58.2 Å². The molecule has 0 saturated heterocycles. The van der Waals surface area contributed by atoms with E-state index in [0.29, 0.717) is 16.1 Å². The van der Waals surface area contributed by atoms with E-state index in [9.17, 15) is 9.59 Å². The highest BCUT2D eigenvalue weighted by atomic mass is 32.1. The van der Waals surface area contributed by atoms with Gasteiger partial charge in [0, 0.05) is 11.3 Å². The molecule has 5 heteroatoms. The van der Waals surface area contributed by atoms with E-state index >= 15 is 0 Å². The summed E-state index contributed by atoms with van der Waals surface area (Å²) in [5.74, 6) is -0.351. The molecular formula is C21H20N2O2S. The highest BCUT2D eigenvalue weighted by Crippen LogP contribution is 2.17. The van der Waals surface area contributed by atoms with E-state index in [2.05, 4.69) is 10.6 Å². The molecule has 0 spiro atoms. The Hall–Kier alpha value is -2.92. The molecule has 2 aromatic carbocycles. The number of thiophene rings is 1. The average Bonchev–Trinajstić information content (AvgIpc) is 3.17. The summed E-state index contributed by atoms with van der Waals surface area (Å²) >= 11 is 1.38. The van der Waals surface area contributed by atoms with Crippen molar-refractivity contribution in [2.45, 2.75) is 19.9 Å². The minimum atomic E-state index is -0.176. The predicted octanol–water partition coefficient (Wildman–Crippen LogP) is 4.80. The molecular weight excluding hydrogens is 344 g/mol. The number of nitrogens with one attached hydrogen (secondary N) is 2. The van der Waals surface area contributed by atoms with E-state index in [1.54, 1.807) is 30.3 Å². The molecule has 0 radical (unpaired) electrons. The largest absolute Gasteiger partial charge is 0.346 e. The second-order valence-electron chi connectivity index (χ2n) is 6.12. The highest BCUT2D eigenvalue weighted by molar-refractivity contribution is 7.12. The number of amides is 2. The number of benzene rings is 2. The number of hydrogen-bond acceptors (Lipinski definition) is 3. The Kier molecular flexibility index (Phi) is 5.49. The standard InChI is InChI=1S/C21H20N2O2S/c1-14-8-10-16(11-9-14)15(2)22-20(24)17-5-3-6-18(13-17)23-21(25)19-7-4-12-26-19/h3-13,15H,1-2H3,(H,22,24)(H,23,25). The van der Waals surface area contributed by atoms with Crippen molar-refractivity contribution in [2.24, 2.45) is 0 Å². The first-order chi connectivity index (χ1) is 12.5. The SMILES string of the molecule is Cc1ccc(C(C)NC(=O)c2cccc(NC(=O)c3cccs3)c2)cc1. The second-order valence-corrected chi connectivity index (χ2v) is 7.07. The lowest BCUT2D eigenvalue weighted by Crippen LogP contribution is -2.26. The van der Waals surface area contributed by atoms with E-state index in [4.69, 9.17) is 0 Å². The van der Waals surface area contributed by atoms with E-state index in [0.717, 1.165) is 5.56 Å². The van der Waals surface area contributed by atoms with Crippen LogP contribution in [0.2, 0.25) is 0 Å². The minimum Gasteiger partial charge on any atom is -0.346 e. The van der Waals surface area contributed by atoms with Crippen molar-refractivity contribution in [1.29, 1.82) is 0 Å². The molecule has 3 rings (SSSR count). The summed E-state index contributed by atoms with van der Waals surface area (Å²) in [6, 6.07) is 18.5. The Morgan fingerprint density at radius 3 is 2.42 bits per heavy atom. The molecule has 1 heterocycles. The van der Waals surface area contributed by atoms with Crippen LogP contribution in [0.5, 0.6) is 0 Å². The van der Waals surface area contributed by atoms with Gasteiger partial charge >= 0.3 is 0 Å². The van der Waals surface area contributed by atoms with E-state index in [1.165, 1.54) is 16.9 Å². The number of rotatable bonds is 5. The van der Waals surface area contributed by atoms with Gasteiger partial charge in [0.2, 0.25) is 0 Å². The van der Waals surface area contributed by atoms with Crippen molar-refractivity contribution in [2.75, 3.05) is 5.32 Å². The third kappa shape index (κ3) is 4.37. The van der Waals surface area contributed by atoms with Crippen LogP contribution in [-0.2, 0) is 0 Å². The molecule has 4 nitrogen and oxygen atoms in total. The number of hydrogen-bond donors (Lipinski definition) is 2. The average molecular weight is 364 g/mol. The zero-order valence-corrected chi connectivity index (χ0v) is 15.5. The van der Waals surface area contributed by atoms with Gasteiger partial charge in [-0.3, -0.25) is 9.59 Å². The zero-order chi connectivity index (χ0) is 18.5. The summed E-state index contributed by atoms with van der Waals surface area (Å²) in [6.07, 6.45) is 0. The molecule has 0 aliphatic heterocycles. The van der Waals surface area contributed by atoms with Crippen LogP contribution in [0.15, 0.2) is 66.0 Å². The van der Waals surface area contributed by atoms with Crippen LogP contribution < -0.4 is 10.6 Å². The third-order valence-electron chi connectivity index (χ3n) is 4.05. The first-order valence-corrected chi connectivity index (χ1v) is 9.23. The van der Waals surface area contributed by atoms with Crippen LogP contribution in [-0.4, -0.2) is 11.8 Å². The lowest BCUT2D eigenvalue weighted by molar-refractivity contribution is 0.0938. The molecule has 0 aliphatic carbocycles. The summed E-state index contributed by atoms with van der Waals surface area (Å²) < 4.78 is 0. The van der Waals surface area contributed by atoms with Crippen LogP contribution in [0.3, 0.4) is 0 Å². The molecule has 0 fully saturated rings. The van der Waals surface area contributed by atoms with Gasteiger partial charge in [-0.2, -0.15) is 0 Å². The summed E-state index contributed by atoms with van der Waals surface area (Å²) in [5.41, 5.74) is 3.33. The summed E-state index contributed by atoms with van der Waals surface area (Å²) in [4.78, 5) is 25.3. The van der Waals surface area contributed by atoms with Crippen molar-refractivity contribution in [3.05, 3.63) is 87.6 Å². The number of aryl methyl sites for hydroxylation is 1. The zero-order valence-electron chi connectivity index (χ0n) is 14.7. The Bertz CT molecular complexity index is 902. The first kappa shape index (κ1) is 17.9. The molecule has 0 bridgehead atoms. The monoisotopic (exact) mass is 364 g/mol. The van der Waals surface area contributed by atoms with Crippen LogP contribution in [0.4, 0.5) is 5.69 Å². The Balaban J connectivity index is 1.68. The quantitative estimate of drug-likeness (QED) is 0.683. The normalized spacial score (nSPS) is 11.6. The fourth-order valence-electron chi connectivity index (χ4n) is 2.56. The van der Waals surface area contributed by atoms with Gasteiger partial charge in [-0.25, -0.2) is 0 Å². The summed E-state index contributed by atoms with van der Waals surface area (Å²) in [5, 5.41) is 7.67. The van der Waals surface area contributed by atoms with Gasteiger partial charge in [0.05, 0.1) is 10.9 Å². The van der Waals surface area contributed by atoms with Crippen LogP contribution in [0.1, 0.15) is 44.1 Å². The van der Waals surface area contributed by atoms with Gasteiger partial charge in [-0.1, -0.05) is 42.0 Å². The van der Waals surface area contributed by atoms with E-state index in [-0.39, 0.29) is 17.9 Å². The summed E-state index contributed by atoms with van der Waals surface area (Å²) in [7, 11) is 0. The number of carbonyl (C=O) groups is 2. The fraction of sp³-hybridized carbons (Fsp3) is 0.143. The van der Waals surface area contributed by atoms with Crippen molar-refractivity contribution in [1.82, 2.24) is 5.32 Å². The molecule has 1 unspecified atom stereocenters.